The molecule has 0 amide bonds. The number of phenolic OH excluding ortho intramolecular Hbond substituents is 1. The monoisotopic (exact) mass is 353 g/mol. The van der Waals surface area contributed by atoms with Crippen LogP contribution in [0.1, 0.15) is 11.1 Å². The summed E-state index contributed by atoms with van der Waals surface area (Å²) in [4.78, 5) is -0.409. The molecule has 2 aromatic rings. The Hall–Kier alpha value is -2.06. The molecule has 3 rings (SSSR count). The van der Waals surface area contributed by atoms with Gasteiger partial charge in [-0.25, -0.2) is 16.8 Å². The third-order valence-electron chi connectivity index (χ3n) is 3.92. The normalized spacial score (nSPS) is 16.3. The number of hydrogen-bond acceptors (Lipinski definition) is 5. The molecule has 1 N–H and O–H groups in total. The van der Waals surface area contributed by atoms with Crippen molar-refractivity contribution < 1.29 is 21.9 Å². The molecule has 0 bridgehead atoms. The van der Waals surface area contributed by atoms with Crippen LogP contribution in [0.5, 0.6) is 5.75 Å². The second-order valence-corrected chi connectivity index (χ2v) is 9.42. The number of anilines is 1. The summed E-state index contributed by atoms with van der Waals surface area (Å²) in [6.45, 7) is 0. The van der Waals surface area contributed by atoms with Crippen molar-refractivity contribution in [1.82, 2.24) is 0 Å². The predicted molar refractivity (Wildman–Crippen MR) is 86.1 cm³/mol. The van der Waals surface area contributed by atoms with Gasteiger partial charge < -0.3 is 5.11 Å². The number of fused-ring (bicyclic) bond motifs is 2. The summed E-state index contributed by atoms with van der Waals surface area (Å²) in [5.74, 6) is -0.336. The minimum absolute atomic E-state index is 0.184. The Morgan fingerprint density at radius 2 is 1.83 bits per heavy atom. The Bertz CT molecular complexity index is 1010. The maximum absolute atomic E-state index is 12.8. The van der Waals surface area contributed by atoms with Crippen LogP contribution in [0.2, 0.25) is 0 Å². The maximum atomic E-state index is 12.8. The molecule has 0 spiro atoms. The van der Waals surface area contributed by atoms with Gasteiger partial charge in [-0.1, -0.05) is 18.2 Å². The van der Waals surface area contributed by atoms with E-state index in [1.54, 1.807) is 24.3 Å². The molecule has 2 aromatic carbocycles. The molecule has 0 saturated heterocycles. The van der Waals surface area contributed by atoms with Crippen LogP contribution >= 0.6 is 0 Å². The van der Waals surface area contributed by atoms with E-state index in [2.05, 4.69) is 0 Å². The standard InChI is InChI=1S/C15H15NO5S2/c1-16-13-6-4-3-5-10(13)7-12-14(17)8-11(22(2,18)19)9-15(12)23(16,20)21/h3-6,8-9,17H,7H2,1-2H3. The number of para-hydroxylation sites is 1. The first kappa shape index (κ1) is 15.8. The number of benzene rings is 2. The molecule has 1 heterocycles. The summed E-state index contributed by atoms with van der Waals surface area (Å²) < 4.78 is 50.3. The van der Waals surface area contributed by atoms with Gasteiger partial charge in [-0.2, -0.15) is 0 Å². The van der Waals surface area contributed by atoms with Crippen LogP contribution in [0.4, 0.5) is 5.69 Å². The molecule has 0 aromatic heterocycles. The lowest BCUT2D eigenvalue weighted by Crippen LogP contribution is -2.26. The van der Waals surface area contributed by atoms with Crippen molar-refractivity contribution in [2.24, 2.45) is 0 Å². The van der Waals surface area contributed by atoms with Crippen LogP contribution in [0.15, 0.2) is 46.2 Å². The molecule has 0 atom stereocenters. The summed E-state index contributed by atoms with van der Waals surface area (Å²) in [5, 5.41) is 10.2. The zero-order chi connectivity index (χ0) is 17.0. The number of phenols is 1. The quantitative estimate of drug-likeness (QED) is 0.839. The van der Waals surface area contributed by atoms with Gasteiger partial charge in [0.1, 0.15) is 5.75 Å². The lowest BCUT2D eigenvalue weighted by molar-refractivity contribution is 0.464. The van der Waals surface area contributed by atoms with Gasteiger partial charge >= 0.3 is 0 Å². The predicted octanol–water partition coefficient (Wildman–Crippen LogP) is 1.52. The highest BCUT2D eigenvalue weighted by atomic mass is 32.2. The molecule has 122 valence electrons. The Kier molecular flexibility index (Phi) is 3.42. The average Bonchev–Trinajstić information content (AvgIpc) is 2.54. The molecule has 23 heavy (non-hydrogen) atoms. The molecular weight excluding hydrogens is 338 g/mol. The molecule has 0 radical (unpaired) electrons. The molecule has 6 nitrogen and oxygen atoms in total. The van der Waals surface area contributed by atoms with E-state index >= 15 is 0 Å². The van der Waals surface area contributed by atoms with Crippen molar-refractivity contribution in [3.63, 3.8) is 0 Å². The van der Waals surface area contributed by atoms with E-state index in [1.165, 1.54) is 7.05 Å². The SMILES string of the molecule is CN1c2ccccc2Cc2c(O)cc(S(C)(=O)=O)cc2S1(=O)=O. The van der Waals surface area contributed by atoms with Crippen molar-refractivity contribution in [1.29, 1.82) is 0 Å². The van der Waals surface area contributed by atoms with E-state index in [1.807, 2.05) is 0 Å². The van der Waals surface area contributed by atoms with Crippen molar-refractivity contribution >= 4 is 25.5 Å². The molecular formula is C15H15NO5S2. The fourth-order valence-electron chi connectivity index (χ4n) is 2.66. The van der Waals surface area contributed by atoms with Crippen LogP contribution in [0.3, 0.4) is 0 Å². The highest BCUT2D eigenvalue weighted by Crippen LogP contribution is 2.39. The van der Waals surface area contributed by atoms with Crippen molar-refractivity contribution in [3.8, 4) is 5.75 Å². The van der Waals surface area contributed by atoms with Gasteiger partial charge in [0.15, 0.2) is 9.84 Å². The third kappa shape index (κ3) is 2.47. The van der Waals surface area contributed by atoms with E-state index in [-0.39, 0.29) is 27.5 Å². The van der Waals surface area contributed by atoms with E-state index in [9.17, 15) is 21.9 Å². The van der Waals surface area contributed by atoms with Crippen molar-refractivity contribution in [2.45, 2.75) is 16.2 Å². The highest BCUT2D eigenvalue weighted by molar-refractivity contribution is 7.93. The first-order valence-corrected chi connectivity index (χ1v) is 10.1. The first-order chi connectivity index (χ1) is 10.6. The van der Waals surface area contributed by atoms with E-state index in [0.717, 1.165) is 28.3 Å². The van der Waals surface area contributed by atoms with Crippen LogP contribution in [-0.4, -0.2) is 35.2 Å². The highest BCUT2D eigenvalue weighted by Gasteiger charge is 2.32. The molecule has 0 aliphatic carbocycles. The zero-order valence-electron chi connectivity index (χ0n) is 12.5. The first-order valence-electron chi connectivity index (χ1n) is 6.75. The third-order valence-corrected chi connectivity index (χ3v) is 6.85. The van der Waals surface area contributed by atoms with Gasteiger partial charge in [0, 0.05) is 25.3 Å². The number of hydrogen-bond donors (Lipinski definition) is 1. The van der Waals surface area contributed by atoms with Crippen LogP contribution in [0.25, 0.3) is 0 Å². The Balaban J connectivity index is 2.39. The minimum atomic E-state index is -3.97. The van der Waals surface area contributed by atoms with Gasteiger partial charge in [0.25, 0.3) is 10.0 Å². The summed E-state index contributed by atoms with van der Waals surface area (Å²) in [6, 6.07) is 9.17. The van der Waals surface area contributed by atoms with Gasteiger partial charge in [-0.15, -0.1) is 0 Å². The van der Waals surface area contributed by atoms with Gasteiger partial charge in [0.05, 0.1) is 15.5 Å². The van der Waals surface area contributed by atoms with Gasteiger partial charge in [-0.05, 0) is 23.8 Å². The Morgan fingerprint density at radius 1 is 1.17 bits per heavy atom. The number of sulfone groups is 1. The average molecular weight is 353 g/mol. The molecule has 8 heteroatoms. The van der Waals surface area contributed by atoms with Crippen molar-refractivity contribution in [3.05, 3.63) is 47.5 Å². The zero-order valence-corrected chi connectivity index (χ0v) is 14.1. The Morgan fingerprint density at radius 3 is 2.48 bits per heavy atom. The lowest BCUT2D eigenvalue weighted by Gasteiger charge is -2.19. The summed E-state index contributed by atoms with van der Waals surface area (Å²) >= 11 is 0. The molecule has 1 aliphatic rings. The Labute approximate surface area is 135 Å². The summed E-state index contributed by atoms with van der Waals surface area (Å²) in [5.41, 5.74) is 1.44. The molecule has 0 unspecified atom stereocenters. The van der Waals surface area contributed by atoms with Gasteiger partial charge in [0.2, 0.25) is 0 Å². The van der Waals surface area contributed by atoms with E-state index in [4.69, 9.17) is 0 Å². The van der Waals surface area contributed by atoms with Crippen molar-refractivity contribution in [2.75, 3.05) is 17.6 Å². The molecule has 0 saturated carbocycles. The topological polar surface area (TPSA) is 91.8 Å². The number of rotatable bonds is 1. The summed E-state index contributed by atoms with van der Waals surface area (Å²) in [6.07, 6.45) is 1.17. The van der Waals surface area contributed by atoms with Crippen LogP contribution in [-0.2, 0) is 26.3 Å². The number of sulfonamides is 1. The fraction of sp³-hybridized carbons (Fsp3) is 0.200. The number of aromatic hydroxyl groups is 1. The smallest absolute Gasteiger partial charge is 0.264 e. The van der Waals surface area contributed by atoms with Crippen LogP contribution in [0, 0.1) is 0 Å². The second kappa shape index (κ2) is 4.97. The van der Waals surface area contributed by atoms with Crippen LogP contribution < -0.4 is 4.31 Å². The minimum Gasteiger partial charge on any atom is -0.508 e. The summed E-state index contributed by atoms with van der Waals surface area (Å²) in [7, 11) is -6.21. The molecule has 0 fully saturated rings. The van der Waals surface area contributed by atoms with Gasteiger partial charge in [-0.3, -0.25) is 4.31 Å². The second-order valence-electron chi connectivity index (χ2n) is 5.47. The van der Waals surface area contributed by atoms with E-state index in [0.29, 0.717) is 5.69 Å². The maximum Gasteiger partial charge on any atom is 0.264 e. The molecule has 1 aliphatic heterocycles. The van der Waals surface area contributed by atoms with E-state index < -0.39 is 19.9 Å². The largest absolute Gasteiger partial charge is 0.508 e. The lowest BCUT2D eigenvalue weighted by atomic mass is 10.0. The fourth-order valence-corrected chi connectivity index (χ4v) is 4.89. The number of nitrogens with zero attached hydrogens (tertiary/aromatic N) is 1.